The molecular formula is C25H24N4O4. The first-order valence-electron chi connectivity index (χ1n) is 11.1. The van der Waals surface area contributed by atoms with Crippen LogP contribution >= 0.6 is 0 Å². The van der Waals surface area contributed by atoms with Crippen molar-refractivity contribution in [3.05, 3.63) is 59.4 Å². The topological polar surface area (TPSA) is 102 Å². The third-order valence-electron chi connectivity index (χ3n) is 8.25. The molecule has 2 heterocycles. The number of fused-ring (bicyclic) bond motifs is 7. The summed E-state index contributed by atoms with van der Waals surface area (Å²) in [5.41, 5.74) is 6.93. The van der Waals surface area contributed by atoms with E-state index in [0.29, 0.717) is 34.7 Å². The second-order valence-corrected chi connectivity index (χ2v) is 9.75. The average molecular weight is 444 g/mol. The van der Waals surface area contributed by atoms with E-state index in [1.807, 2.05) is 18.2 Å². The van der Waals surface area contributed by atoms with E-state index in [9.17, 15) is 9.59 Å². The quantitative estimate of drug-likeness (QED) is 0.589. The summed E-state index contributed by atoms with van der Waals surface area (Å²) in [6, 6.07) is 12.4. The fraction of sp³-hybridized carbons (Fsp3) is 0.360. The first-order valence-corrected chi connectivity index (χ1v) is 11.1. The Balaban J connectivity index is 1.42. The molecule has 1 aliphatic heterocycles. The number of benzene rings is 2. The number of carbonyl (C=O) groups is 2. The summed E-state index contributed by atoms with van der Waals surface area (Å²) in [5, 5.41) is 0. The standard InChI is InChI=1S/C25H24N4O4/c1-23(2)24(3)9-10-25(23,22(31)29-28-21(30)14-7-5-4-6-8-14)20-19(24)26-15-11-17-18(33-13-32-17)12-16(15)27-20/h4-8,11-12H,9-10,13H2,1-3H3,(H,28,30)(H,29,31). The maximum Gasteiger partial charge on any atom is 0.269 e. The van der Waals surface area contributed by atoms with Crippen LogP contribution in [0, 0.1) is 5.41 Å². The van der Waals surface area contributed by atoms with Crippen molar-refractivity contribution >= 4 is 22.8 Å². The zero-order valence-corrected chi connectivity index (χ0v) is 18.7. The zero-order valence-electron chi connectivity index (χ0n) is 18.7. The Kier molecular flexibility index (Phi) is 3.89. The molecule has 8 heteroatoms. The smallest absolute Gasteiger partial charge is 0.269 e. The van der Waals surface area contributed by atoms with E-state index in [4.69, 9.17) is 19.4 Å². The van der Waals surface area contributed by atoms with Crippen LogP contribution in [-0.4, -0.2) is 28.6 Å². The fourth-order valence-corrected chi connectivity index (χ4v) is 5.88. The minimum absolute atomic E-state index is 0.170. The SMILES string of the molecule is CC12CCC(C(=O)NNC(=O)c3ccccc3)(c3nc4cc5c(cc4nc31)OCO5)C2(C)C. The second-order valence-electron chi connectivity index (χ2n) is 9.75. The highest BCUT2D eigenvalue weighted by Gasteiger charge is 2.73. The Morgan fingerprint density at radius 2 is 1.52 bits per heavy atom. The highest BCUT2D eigenvalue weighted by molar-refractivity contribution is 5.98. The average Bonchev–Trinajstić information content (AvgIpc) is 3.39. The van der Waals surface area contributed by atoms with Crippen LogP contribution in [0.4, 0.5) is 0 Å². The second kappa shape index (κ2) is 6.43. The highest BCUT2D eigenvalue weighted by Crippen LogP contribution is 2.70. The van der Waals surface area contributed by atoms with Gasteiger partial charge < -0.3 is 9.47 Å². The molecule has 2 aromatic carbocycles. The zero-order chi connectivity index (χ0) is 23.0. The number of hydrogen-bond acceptors (Lipinski definition) is 6. The van der Waals surface area contributed by atoms with Crippen molar-refractivity contribution in [2.75, 3.05) is 6.79 Å². The Hall–Kier alpha value is -3.68. The van der Waals surface area contributed by atoms with Gasteiger partial charge in [-0.05, 0) is 30.4 Å². The summed E-state index contributed by atoms with van der Waals surface area (Å²) < 4.78 is 11.0. The van der Waals surface area contributed by atoms with Gasteiger partial charge in [0.05, 0.1) is 22.4 Å². The van der Waals surface area contributed by atoms with Crippen molar-refractivity contribution in [1.29, 1.82) is 0 Å². The molecule has 2 atom stereocenters. The molecule has 3 aromatic rings. The molecular weight excluding hydrogens is 420 g/mol. The molecule has 0 radical (unpaired) electrons. The minimum Gasteiger partial charge on any atom is -0.454 e. The lowest BCUT2D eigenvalue weighted by molar-refractivity contribution is -0.131. The van der Waals surface area contributed by atoms with Gasteiger partial charge in [-0.15, -0.1) is 0 Å². The molecule has 3 aliphatic rings. The first-order chi connectivity index (χ1) is 15.8. The summed E-state index contributed by atoms with van der Waals surface area (Å²) in [7, 11) is 0. The van der Waals surface area contributed by atoms with Crippen LogP contribution in [0.25, 0.3) is 11.0 Å². The van der Waals surface area contributed by atoms with Gasteiger partial charge in [-0.25, -0.2) is 9.97 Å². The molecule has 2 aliphatic carbocycles. The van der Waals surface area contributed by atoms with E-state index in [0.717, 1.165) is 17.6 Å². The molecule has 2 bridgehead atoms. The Bertz CT molecular complexity index is 1340. The van der Waals surface area contributed by atoms with Crippen molar-refractivity contribution in [2.45, 2.75) is 44.4 Å². The van der Waals surface area contributed by atoms with Crippen LogP contribution in [0.2, 0.25) is 0 Å². The maximum atomic E-state index is 13.8. The van der Waals surface area contributed by atoms with Crippen LogP contribution in [0.5, 0.6) is 11.5 Å². The number of carbonyl (C=O) groups excluding carboxylic acids is 2. The van der Waals surface area contributed by atoms with Crippen LogP contribution in [-0.2, 0) is 15.6 Å². The van der Waals surface area contributed by atoms with E-state index in [1.54, 1.807) is 24.3 Å². The number of nitrogens with zero attached hydrogens (tertiary/aromatic N) is 2. The summed E-state index contributed by atoms with van der Waals surface area (Å²) in [6.07, 6.45) is 1.43. The monoisotopic (exact) mass is 444 g/mol. The third kappa shape index (κ3) is 2.40. The number of hydrazine groups is 1. The van der Waals surface area contributed by atoms with Gasteiger partial charge in [0.1, 0.15) is 5.41 Å². The predicted molar refractivity (Wildman–Crippen MR) is 120 cm³/mol. The van der Waals surface area contributed by atoms with Gasteiger partial charge in [0.15, 0.2) is 11.5 Å². The van der Waals surface area contributed by atoms with Gasteiger partial charge in [-0.1, -0.05) is 39.0 Å². The molecule has 0 saturated heterocycles. The van der Waals surface area contributed by atoms with Crippen molar-refractivity contribution in [3.63, 3.8) is 0 Å². The normalized spacial score (nSPS) is 25.7. The molecule has 1 aromatic heterocycles. The number of aromatic nitrogens is 2. The number of rotatable bonds is 2. The van der Waals surface area contributed by atoms with Gasteiger partial charge in [-0.3, -0.25) is 20.4 Å². The van der Waals surface area contributed by atoms with E-state index in [-0.39, 0.29) is 24.0 Å². The van der Waals surface area contributed by atoms with Gasteiger partial charge in [0.2, 0.25) is 6.79 Å². The summed E-state index contributed by atoms with van der Waals surface area (Å²) in [4.78, 5) is 36.3. The summed E-state index contributed by atoms with van der Waals surface area (Å²) in [5.74, 6) is 0.641. The van der Waals surface area contributed by atoms with Gasteiger partial charge in [-0.2, -0.15) is 0 Å². The minimum atomic E-state index is -0.918. The Morgan fingerprint density at radius 1 is 0.879 bits per heavy atom. The lowest BCUT2D eigenvalue weighted by Crippen LogP contribution is -2.55. The van der Waals surface area contributed by atoms with Crippen molar-refractivity contribution in [2.24, 2.45) is 5.41 Å². The third-order valence-corrected chi connectivity index (χ3v) is 8.25. The van der Waals surface area contributed by atoms with E-state index < -0.39 is 10.8 Å². The van der Waals surface area contributed by atoms with E-state index in [2.05, 4.69) is 31.6 Å². The fourth-order valence-electron chi connectivity index (χ4n) is 5.88. The van der Waals surface area contributed by atoms with Crippen molar-refractivity contribution in [3.8, 4) is 11.5 Å². The maximum absolute atomic E-state index is 13.8. The molecule has 168 valence electrons. The van der Waals surface area contributed by atoms with Crippen LogP contribution in [0.3, 0.4) is 0 Å². The molecule has 2 unspecified atom stereocenters. The predicted octanol–water partition coefficient (Wildman–Crippen LogP) is 3.15. The highest BCUT2D eigenvalue weighted by atomic mass is 16.7. The van der Waals surface area contributed by atoms with Crippen LogP contribution < -0.4 is 20.3 Å². The number of hydrogen-bond donors (Lipinski definition) is 2. The van der Waals surface area contributed by atoms with Gasteiger partial charge in [0.25, 0.3) is 11.8 Å². The van der Waals surface area contributed by atoms with E-state index in [1.165, 1.54) is 0 Å². The van der Waals surface area contributed by atoms with Gasteiger partial charge >= 0.3 is 0 Å². The Labute approximate surface area is 190 Å². The molecule has 1 saturated carbocycles. The van der Waals surface area contributed by atoms with E-state index >= 15 is 0 Å². The Morgan fingerprint density at radius 3 is 2.18 bits per heavy atom. The number of ether oxygens (including phenoxy) is 2. The molecule has 0 spiro atoms. The molecule has 33 heavy (non-hydrogen) atoms. The largest absolute Gasteiger partial charge is 0.454 e. The molecule has 2 N–H and O–H groups in total. The van der Waals surface area contributed by atoms with Gasteiger partial charge in [0, 0.05) is 23.1 Å². The van der Waals surface area contributed by atoms with Crippen LogP contribution in [0.1, 0.15) is 55.4 Å². The number of nitrogens with one attached hydrogen (secondary N) is 2. The van der Waals surface area contributed by atoms with Crippen molar-refractivity contribution < 1.29 is 19.1 Å². The molecule has 1 fully saturated rings. The lowest BCUT2D eigenvalue weighted by atomic mass is 9.63. The summed E-state index contributed by atoms with van der Waals surface area (Å²) in [6.45, 7) is 6.52. The molecule has 8 nitrogen and oxygen atoms in total. The molecule has 6 rings (SSSR count). The number of amides is 2. The lowest BCUT2D eigenvalue weighted by Gasteiger charge is -2.39. The van der Waals surface area contributed by atoms with Crippen LogP contribution in [0.15, 0.2) is 42.5 Å². The summed E-state index contributed by atoms with van der Waals surface area (Å²) >= 11 is 0. The first kappa shape index (κ1) is 20.0. The van der Waals surface area contributed by atoms with Crippen molar-refractivity contribution in [1.82, 2.24) is 20.8 Å². The molecule has 2 amide bonds.